The molecule has 0 fully saturated rings. The van der Waals surface area contributed by atoms with Gasteiger partial charge < -0.3 is 0 Å². The van der Waals surface area contributed by atoms with E-state index in [1.165, 1.54) is 0 Å². The maximum Gasteiger partial charge on any atom is 0.0267 e. The first kappa shape index (κ1) is 25.9. The van der Waals surface area contributed by atoms with Gasteiger partial charge in [0.25, 0.3) is 0 Å². The fourth-order valence-electron chi connectivity index (χ4n) is 0.625. The summed E-state index contributed by atoms with van der Waals surface area (Å²) in [4.78, 5) is 7.57. The average Bonchev–Trinajstić information content (AvgIpc) is 2.40. The van der Waals surface area contributed by atoms with Gasteiger partial charge in [-0.05, 0) is 24.3 Å². The molecule has 2 nitrogen and oxygen atoms in total. The van der Waals surface area contributed by atoms with E-state index in [9.17, 15) is 0 Å². The molecule has 0 spiro atoms. The van der Waals surface area contributed by atoms with Gasteiger partial charge in [0.05, 0.1) is 0 Å². The van der Waals surface area contributed by atoms with Crippen molar-refractivity contribution in [2.75, 3.05) is 0 Å². The standard InChI is InChI=1S/2C5H5N.8ClH.2Fe/c2*1-2-4-6-5-3-1;;;;;;;;;;/h2*1-5H;8*1H;;/q;;;;;;;;;;2*+4/p-8. The number of halogens is 8. The van der Waals surface area contributed by atoms with Crippen LogP contribution in [0.15, 0.2) is 61.2 Å². The molecular formula is C10H10Cl8Fe2N2. The maximum atomic E-state index is 4.95. The molecule has 0 saturated carbocycles. The van der Waals surface area contributed by atoms with E-state index in [1.807, 2.05) is 36.4 Å². The summed E-state index contributed by atoms with van der Waals surface area (Å²) in [6.07, 6.45) is 7.00. The minimum absolute atomic E-state index is 1.75. The SMILES string of the molecule is [Cl][Fe]([Cl])([Cl])[Cl].[Cl][Fe]([Cl])([Cl])[Cl].c1ccncc1.c1ccncc1. The second kappa shape index (κ2) is 16.1. The van der Waals surface area contributed by atoms with Crippen LogP contribution < -0.4 is 0 Å². The van der Waals surface area contributed by atoms with Gasteiger partial charge in [-0.1, -0.05) is 12.1 Å². The zero-order valence-electron chi connectivity index (χ0n) is 10.4. The van der Waals surface area contributed by atoms with Gasteiger partial charge in [-0.25, -0.2) is 0 Å². The first-order chi connectivity index (χ1) is 10.0. The van der Waals surface area contributed by atoms with Crippen molar-refractivity contribution in [2.45, 2.75) is 0 Å². The second-order valence-corrected chi connectivity index (χ2v) is 24.5. The molecule has 0 N–H and O–H groups in total. The number of nitrogens with zero attached hydrogens (tertiary/aromatic N) is 2. The smallest absolute Gasteiger partial charge is 0.0267 e. The predicted molar refractivity (Wildman–Crippen MR) is 95.3 cm³/mol. The average molecular weight is 554 g/mol. The summed E-state index contributed by atoms with van der Waals surface area (Å²) in [6, 6.07) is 11.4. The molecule has 0 radical (unpaired) electrons. The molecule has 2 aromatic heterocycles. The Morgan fingerprint density at radius 1 is 0.409 bits per heavy atom. The molecule has 2 aromatic rings. The summed E-state index contributed by atoms with van der Waals surface area (Å²) in [5.41, 5.74) is 0. The van der Waals surface area contributed by atoms with E-state index < -0.39 is 18.4 Å². The summed E-state index contributed by atoms with van der Waals surface area (Å²) in [7, 11) is 34.4. The topological polar surface area (TPSA) is 25.8 Å². The van der Waals surface area contributed by atoms with E-state index in [0.717, 1.165) is 0 Å². The molecule has 0 aliphatic rings. The van der Waals surface area contributed by atoms with Crippen LogP contribution in [-0.2, 0) is 18.4 Å². The molecule has 2 rings (SSSR count). The van der Waals surface area contributed by atoms with Crippen LogP contribution in [0.5, 0.6) is 0 Å². The summed E-state index contributed by atoms with van der Waals surface area (Å²) >= 11 is 0. The van der Waals surface area contributed by atoms with E-state index >= 15 is 0 Å². The maximum absolute atomic E-state index is 4.95. The Morgan fingerprint density at radius 3 is 0.636 bits per heavy atom. The molecule has 132 valence electrons. The van der Waals surface area contributed by atoms with Crippen LogP contribution in [0.4, 0.5) is 0 Å². The molecule has 0 aliphatic carbocycles. The van der Waals surface area contributed by atoms with Crippen molar-refractivity contribution < 1.29 is 18.4 Å². The van der Waals surface area contributed by atoms with Crippen molar-refractivity contribution in [3.8, 4) is 0 Å². The quantitative estimate of drug-likeness (QED) is 0.313. The van der Waals surface area contributed by atoms with Crippen molar-refractivity contribution in [1.82, 2.24) is 9.97 Å². The minimum Gasteiger partial charge on any atom is -0.265 e. The molecule has 0 aliphatic heterocycles. The first-order valence-electron chi connectivity index (χ1n) is 4.77. The third-order valence-corrected chi connectivity index (χ3v) is 1.13. The van der Waals surface area contributed by atoms with Gasteiger partial charge in [-0.2, -0.15) is 0 Å². The Bertz CT molecular complexity index is 329. The van der Waals surface area contributed by atoms with Crippen molar-refractivity contribution in [3.63, 3.8) is 0 Å². The fourth-order valence-corrected chi connectivity index (χ4v) is 0.625. The van der Waals surface area contributed by atoms with Gasteiger partial charge in [-0.3, -0.25) is 9.97 Å². The van der Waals surface area contributed by atoms with E-state index in [0.29, 0.717) is 0 Å². The van der Waals surface area contributed by atoms with Crippen LogP contribution in [0.2, 0.25) is 0 Å². The number of pyridine rings is 2. The third-order valence-electron chi connectivity index (χ3n) is 1.13. The van der Waals surface area contributed by atoms with Gasteiger partial charge in [0, 0.05) is 24.8 Å². The minimum atomic E-state index is -2.61. The molecule has 0 atom stereocenters. The molecule has 0 saturated heterocycles. The summed E-state index contributed by atoms with van der Waals surface area (Å²) in [5, 5.41) is 0. The van der Waals surface area contributed by atoms with Crippen molar-refractivity contribution in [3.05, 3.63) is 61.2 Å². The van der Waals surface area contributed by atoms with Crippen molar-refractivity contribution >= 4 is 80.8 Å². The molecule has 0 aromatic carbocycles. The third kappa shape index (κ3) is 49.5. The van der Waals surface area contributed by atoms with Crippen LogP contribution in [0.3, 0.4) is 0 Å². The number of rotatable bonds is 0. The normalized spacial score (nSPS) is 11.3. The van der Waals surface area contributed by atoms with Gasteiger partial charge in [0.1, 0.15) is 0 Å². The van der Waals surface area contributed by atoms with E-state index in [4.69, 9.17) is 80.8 Å². The molecular weight excluding hydrogens is 543 g/mol. The number of aromatic nitrogens is 2. The Hall–Kier alpha value is 1.66. The molecule has 0 amide bonds. The van der Waals surface area contributed by atoms with Crippen molar-refractivity contribution in [1.29, 1.82) is 0 Å². The van der Waals surface area contributed by atoms with Crippen LogP contribution in [0.1, 0.15) is 0 Å². The Kier molecular flexibility index (Phi) is 19.0. The Labute approximate surface area is 168 Å². The molecule has 12 heteroatoms. The number of hydrogen-bond acceptors (Lipinski definition) is 2. The van der Waals surface area contributed by atoms with Crippen LogP contribution in [-0.4, -0.2) is 9.97 Å². The largest absolute Gasteiger partial charge is 0.265 e. The molecule has 2 heterocycles. The summed E-state index contributed by atoms with van der Waals surface area (Å²) in [6.45, 7) is 0. The van der Waals surface area contributed by atoms with Crippen LogP contribution >= 0.6 is 80.8 Å². The van der Waals surface area contributed by atoms with E-state index in [-0.39, 0.29) is 0 Å². The van der Waals surface area contributed by atoms with E-state index in [2.05, 4.69) is 9.97 Å². The zero-order valence-corrected chi connectivity index (χ0v) is 18.7. The second-order valence-electron chi connectivity index (χ2n) is 2.66. The van der Waals surface area contributed by atoms with Gasteiger partial charge >= 0.3 is 99.2 Å². The number of hydrogen-bond donors (Lipinski definition) is 0. The Morgan fingerprint density at radius 2 is 0.591 bits per heavy atom. The molecule has 0 unspecified atom stereocenters. The van der Waals surface area contributed by atoms with Crippen LogP contribution in [0, 0.1) is 0 Å². The Balaban J connectivity index is 0. The monoisotopic (exact) mass is 550 g/mol. The summed E-state index contributed by atoms with van der Waals surface area (Å²) in [5.74, 6) is 0. The molecule has 22 heavy (non-hydrogen) atoms. The summed E-state index contributed by atoms with van der Waals surface area (Å²) < 4.78 is 0. The van der Waals surface area contributed by atoms with Crippen molar-refractivity contribution in [2.24, 2.45) is 0 Å². The van der Waals surface area contributed by atoms with Gasteiger partial charge in [-0.15, -0.1) is 0 Å². The van der Waals surface area contributed by atoms with Crippen LogP contribution in [0.25, 0.3) is 0 Å². The zero-order chi connectivity index (χ0) is 17.5. The molecule has 0 bridgehead atoms. The fraction of sp³-hybridized carbons (Fsp3) is 0. The predicted octanol–water partition coefficient (Wildman–Crippen LogP) is 7.67. The van der Waals surface area contributed by atoms with Gasteiger partial charge in [0.15, 0.2) is 0 Å². The van der Waals surface area contributed by atoms with E-state index in [1.54, 1.807) is 24.8 Å². The first-order valence-corrected chi connectivity index (χ1v) is 16.9. The van der Waals surface area contributed by atoms with Gasteiger partial charge in [0.2, 0.25) is 0 Å².